The Morgan fingerprint density at radius 1 is 1.42 bits per heavy atom. The van der Waals surface area contributed by atoms with Gasteiger partial charge in [-0.05, 0) is 36.9 Å². The first-order valence-electron chi connectivity index (χ1n) is 10.9. The van der Waals surface area contributed by atoms with Crippen molar-refractivity contribution in [2.24, 2.45) is 16.9 Å². The number of thioether (sulfide) groups is 1. The molecule has 166 valence electrons. The number of carbonyl (C=O) groups is 1. The number of allylic oxidation sites excluding steroid dienone is 3. The van der Waals surface area contributed by atoms with E-state index in [0.717, 1.165) is 42.9 Å². The molecule has 3 atom stereocenters. The van der Waals surface area contributed by atoms with Crippen LogP contribution in [0.1, 0.15) is 32.3 Å². The molecule has 0 spiro atoms. The second-order valence-electron chi connectivity index (χ2n) is 7.71. The number of carbonyl (C=O) groups excluding carboxylic acids is 1. The van der Waals surface area contributed by atoms with Crippen molar-refractivity contribution in [3.63, 3.8) is 0 Å². The SMILES string of the molecule is C=CN/N=C\C(C1=C(CC)SC(C(=O)N2CCCNCc3ccccc32)N1)C(C)C=C. The van der Waals surface area contributed by atoms with Gasteiger partial charge in [0.15, 0.2) is 5.37 Å². The third-order valence-electron chi connectivity index (χ3n) is 5.66. The molecule has 1 aromatic rings. The van der Waals surface area contributed by atoms with Crippen LogP contribution in [0.5, 0.6) is 0 Å². The van der Waals surface area contributed by atoms with E-state index in [1.165, 1.54) is 4.91 Å². The molecule has 2 aliphatic heterocycles. The summed E-state index contributed by atoms with van der Waals surface area (Å²) in [6.07, 6.45) is 7.12. The lowest BCUT2D eigenvalue weighted by Gasteiger charge is -2.30. The first-order valence-corrected chi connectivity index (χ1v) is 11.8. The fourth-order valence-corrected chi connectivity index (χ4v) is 5.11. The van der Waals surface area contributed by atoms with Gasteiger partial charge in [-0.1, -0.05) is 56.5 Å². The molecule has 3 unspecified atom stereocenters. The lowest BCUT2D eigenvalue weighted by molar-refractivity contribution is -0.118. The highest BCUT2D eigenvalue weighted by atomic mass is 32.2. The molecule has 0 saturated heterocycles. The molecule has 2 heterocycles. The normalized spacial score (nSPS) is 21.0. The van der Waals surface area contributed by atoms with Crippen LogP contribution in [-0.4, -0.2) is 30.6 Å². The Hall–Kier alpha value is -2.51. The van der Waals surface area contributed by atoms with Crippen LogP contribution in [0, 0.1) is 11.8 Å². The maximum absolute atomic E-state index is 13.7. The zero-order chi connectivity index (χ0) is 22.2. The van der Waals surface area contributed by atoms with E-state index in [0.29, 0.717) is 6.54 Å². The summed E-state index contributed by atoms with van der Waals surface area (Å²) >= 11 is 1.63. The van der Waals surface area contributed by atoms with Crippen LogP contribution < -0.4 is 21.0 Å². The molecule has 0 aliphatic carbocycles. The summed E-state index contributed by atoms with van der Waals surface area (Å²) in [4.78, 5) is 16.8. The summed E-state index contributed by atoms with van der Waals surface area (Å²) in [5, 5.41) is 10.9. The van der Waals surface area contributed by atoms with Crippen molar-refractivity contribution in [1.82, 2.24) is 16.1 Å². The third kappa shape index (κ3) is 5.40. The Morgan fingerprint density at radius 2 is 2.23 bits per heavy atom. The van der Waals surface area contributed by atoms with E-state index in [9.17, 15) is 4.79 Å². The Bertz CT molecular complexity index is 865. The van der Waals surface area contributed by atoms with E-state index < -0.39 is 0 Å². The monoisotopic (exact) mass is 439 g/mol. The van der Waals surface area contributed by atoms with Gasteiger partial charge in [0.25, 0.3) is 5.91 Å². The van der Waals surface area contributed by atoms with Crippen molar-refractivity contribution in [3.05, 3.63) is 65.9 Å². The molecular formula is C24H33N5OS. The van der Waals surface area contributed by atoms with E-state index in [-0.39, 0.29) is 23.1 Å². The third-order valence-corrected chi connectivity index (χ3v) is 7.01. The van der Waals surface area contributed by atoms with Gasteiger partial charge in [-0.25, -0.2) is 0 Å². The van der Waals surface area contributed by atoms with Crippen LogP contribution in [0.15, 0.2) is 65.4 Å². The molecular weight excluding hydrogens is 406 g/mol. The predicted molar refractivity (Wildman–Crippen MR) is 132 cm³/mol. The number of nitrogens with one attached hydrogen (secondary N) is 3. The zero-order valence-electron chi connectivity index (χ0n) is 18.4. The van der Waals surface area contributed by atoms with Gasteiger partial charge >= 0.3 is 0 Å². The number of hydrogen-bond acceptors (Lipinski definition) is 6. The van der Waals surface area contributed by atoms with Crippen molar-refractivity contribution in [2.75, 3.05) is 18.0 Å². The number of nitrogens with zero attached hydrogens (tertiary/aromatic N) is 2. The summed E-state index contributed by atoms with van der Waals surface area (Å²) in [5.41, 5.74) is 6.01. The van der Waals surface area contributed by atoms with Crippen molar-refractivity contribution >= 4 is 29.6 Å². The van der Waals surface area contributed by atoms with E-state index in [2.05, 4.69) is 54.2 Å². The molecule has 3 N–H and O–H groups in total. The first-order chi connectivity index (χ1) is 15.1. The molecule has 0 fully saturated rings. The molecule has 0 bridgehead atoms. The topological polar surface area (TPSA) is 68.8 Å². The van der Waals surface area contributed by atoms with Crippen LogP contribution in [0.3, 0.4) is 0 Å². The fourth-order valence-electron chi connectivity index (χ4n) is 3.92. The Balaban J connectivity index is 1.85. The van der Waals surface area contributed by atoms with Gasteiger partial charge in [-0.15, -0.1) is 6.58 Å². The minimum absolute atomic E-state index is 0.00835. The highest BCUT2D eigenvalue weighted by molar-refractivity contribution is 8.04. The van der Waals surface area contributed by atoms with Gasteiger partial charge in [0, 0.05) is 47.7 Å². The van der Waals surface area contributed by atoms with Gasteiger partial charge in [0.1, 0.15) is 0 Å². The van der Waals surface area contributed by atoms with E-state index in [4.69, 9.17) is 0 Å². The molecule has 7 heteroatoms. The number of hydrogen-bond donors (Lipinski definition) is 3. The summed E-state index contributed by atoms with van der Waals surface area (Å²) in [6, 6.07) is 8.17. The molecule has 31 heavy (non-hydrogen) atoms. The van der Waals surface area contributed by atoms with Crippen LogP contribution in [-0.2, 0) is 11.3 Å². The molecule has 0 saturated carbocycles. The maximum atomic E-state index is 13.7. The molecule has 1 amide bonds. The van der Waals surface area contributed by atoms with Crippen LogP contribution >= 0.6 is 11.8 Å². The van der Waals surface area contributed by atoms with Gasteiger partial charge in [-0.3, -0.25) is 10.2 Å². The standard InChI is InChI=1S/C24H33N5OS/c1-5-17(4)19(16-27-26-7-3)22-21(6-2)31-23(28-22)24(30)29-14-10-13-25-15-18-11-8-9-12-20(18)29/h5,7-9,11-12,16-17,19,23,25-26,28H,1,3,6,10,13-15H2,2,4H3/b27-16-. The number of anilines is 1. The van der Waals surface area contributed by atoms with Crippen molar-refractivity contribution in [1.29, 1.82) is 0 Å². The van der Waals surface area contributed by atoms with Crippen LogP contribution in [0.25, 0.3) is 0 Å². The quantitative estimate of drug-likeness (QED) is 0.325. The lowest BCUT2D eigenvalue weighted by atomic mass is 9.91. The summed E-state index contributed by atoms with van der Waals surface area (Å²) in [6.45, 7) is 14.2. The Kier molecular flexibility index (Phi) is 8.37. The number of benzene rings is 1. The molecule has 6 nitrogen and oxygen atoms in total. The van der Waals surface area contributed by atoms with Crippen molar-refractivity contribution in [2.45, 2.75) is 38.6 Å². The number of fused-ring (bicyclic) bond motifs is 1. The number of amides is 1. The molecule has 2 aliphatic rings. The average molecular weight is 440 g/mol. The lowest BCUT2D eigenvalue weighted by Crippen LogP contribution is -2.45. The molecule has 1 aromatic carbocycles. The van der Waals surface area contributed by atoms with Crippen molar-refractivity contribution < 1.29 is 4.79 Å². The zero-order valence-corrected chi connectivity index (χ0v) is 19.3. The number of hydrazone groups is 1. The average Bonchev–Trinajstić information content (AvgIpc) is 3.21. The minimum Gasteiger partial charge on any atom is -0.367 e. The van der Waals surface area contributed by atoms with E-state index in [1.54, 1.807) is 18.0 Å². The highest BCUT2D eigenvalue weighted by Gasteiger charge is 2.36. The van der Waals surface area contributed by atoms with Gasteiger partial charge < -0.3 is 15.5 Å². The largest absolute Gasteiger partial charge is 0.367 e. The fraction of sp³-hybridized carbons (Fsp3) is 0.417. The van der Waals surface area contributed by atoms with Crippen molar-refractivity contribution in [3.8, 4) is 0 Å². The van der Waals surface area contributed by atoms with Crippen LogP contribution in [0.2, 0.25) is 0 Å². The van der Waals surface area contributed by atoms with Gasteiger partial charge in [0.2, 0.25) is 0 Å². The van der Waals surface area contributed by atoms with Gasteiger partial charge in [-0.2, -0.15) is 5.10 Å². The Morgan fingerprint density at radius 3 is 2.97 bits per heavy atom. The Labute approximate surface area is 189 Å². The second-order valence-corrected chi connectivity index (χ2v) is 8.91. The van der Waals surface area contributed by atoms with E-state index >= 15 is 0 Å². The smallest absolute Gasteiger partial charge is 0.260 e. The second kappa shape index (κ2) is 11.2. The highest BCUT2D eigenvalue weighted by Crippen LogP contribution is 2.39. The van der Waals surface area contributed by atoms with Crippen LogP contribution in [0.4, 0.5) is 5.69 Å². The predicted octanol–water partition coefficient (Wildman–Crippen LogP) is 3.95. The van der Waals surface area contributed by atoms with E-state index in [1.807, 2.05) is 35.4 Å². The molecule has 0 aromatic heterocycles. The summed E-state index contributed by atoms with van der Waals surface area (Å²) < 4.78 is 0. The maximum Gasteiger partial charge on any atom is 0.260 e. The number of para-hydroxylation sites is 1. The molecule has 3 rings (SSSR count). The molecule has 0 radical (unpaired) electrons. The minimum atomic E-state index is -0.342. The first kappa shape index (κ1) is 23.2. The number of rotatable bonds is 8. The summed E-state index contributed by atoms with van der Waals surface area (Å²) in [7, 11) is 0. The van der Waals surface area contributed by atoms with Gasteiger partial charge in [0.05, 0.1) is 0 Å². The summed E-state index contributed by atoms with van der Waals surface area (Å²) in [5.74, 6) is 0.280.